The molecule has 0 aliphatic carbocycles. The summed E-state index contributed by atoms with van der Waals surface area (Å²) >= 11 is 17.6. The number of pyridine rings is 1. The smallest absolute Gasteiger partial charge is 0.296 e. The third kappa shape index (κ3) is 3.76. The molecular formula is C16H9Cl3F4N2S. The Bertz CT molecular complexity index is 980. The van der Waals surface area contributed by atoms with Gasteiger partial charge in [-0.3, -0.25) is 4.57 Å². The number of alkyl halides is 6. The van der Waals surface area contributed by atoms with Gasteiger partial charge in [0.05, 0.1) is 16.1 Å². The van der Waals surface area contributed by atoms with Gasteiger partial charge in [-0.2, -0.15) is 17.6 Å². The zero-order valence-corrected chi connectivity index (χ0v) is 16.0. The summed E-state index contributed by atoms with van der Waals surface area (Å²) < 4.78 is 51.3. The number of benzene rings is 1. The fourth-order valence-corrected chi connectivity index (χ4v) is 4.07. The van der Waals surface area contributed by atoms with E-state index in [1.54, 1.807) is 35.8 Å². The van der Waals surface area contributed by atoms with Crippen LogP contribution in [0.4, 0.5) is 17.6 Å². The second-order valence-corrected chi connectivity index (χ2v) is 8.61. The Labute approximate surface area is 165 Å². The van der Waals surface area contributed by atoms with E-state index in [0.717, 1.165) is 6.07 Å². The van der Waals surface area contributed by atoms with E-state index in [9.17, 15) is 17.6 Å². The second-order valence-electron chi connectivity index (χ2n) is 5.34. The third-order valence-electron chi connectivity index (χ3n) is 3.63. The molecule has 26 heavy (non-hydrogen) atoms. The fraction of sp³-hybridized carbons (Fsp3) is 0.188. The highest BCUT2D eigenvalue weighted by Crippen LogP contribution is 2.47. The number of hydrogen-bond acceptors (Lipinski definition) is 2. The van der Waals surface area contributed by atoms with E-state index in [-0.39, 0.29) is 10.8 Å². The maximum absolute atomic E-state index is 13.8. The van der Waals surface area contributed by atoms with E-state index in [4.69, 9.17) is 34.8 Å². The van der Waals surface area contributed by atoms with E-state index in [2.05, 4.69) is 4.98 Å². The summed E-state index contributed by atoms with van der Waals surface area (Å²) in [5.74, 6) is 0.0915. The summed E-state index contributed by atoms with van der Waals surface area (Å²) in [6.45, 7) is 1.65. The molecule has 3 aromatic rings. The molecule has 3 rings (SSSR count). The quantitative estimate of drug-likeness (QED) is 0.243. The number of para-hydroxylation sites is 1. The Kier molecular flexibility index (Phi) is 5.11. The molecule has 2 nitrogen and oxygen atoms in total. The van der Waals surface area contributed by atoms with Gasteiger partial charge in [0.25, 0.3) is 0 Å². The van der Waals surface area contributed by atoms with E-state index in [1.807, 2.05) is 0 Å². The molecule has 0 saturated carbocycles. The molecule has 0 unspecified atom stereocenters. The number of nitrogens with zero attached hydrogens (tertiary/aromatic N) is 2. The summed E-state index contributed by atoms with van der Waals surface area (Å²) in [6, 6.07) is 7.70. The first-order valence-electron chi connectivity index (χ1n) is 7.08. The Hall–Kier alpha value is -1.15. The summed E-state index contributed by atoms with van der Waals surface area (Å²) in [4.78, 5) is 4.31. The van der Waals surface area contributed by atoms with E-state index in [1.165, 1.54) is 0 Å². The van der Waals surface area contributed by atoms with Crippen molar-refractivity contribution in [3.8, 4) is 5.82 Å². The number of aromatic nitrogens is 2. The van der Waals surface area contributed by atoms with Crippen LogP contribution in [0.5, 0.6) is 0 Å². The summed E-state index contributed by atoms with van der Waals surface area (Å²) in [5.41, 5.74) is 0.118. The lowest BCUT2D eigenvalue weighted by atomic mass is 10.2. The molecule has 2 heterocycles. The zero-order chi connectivity index (χ0) is 19.3. The minimum atomic E-state index is -4.56. The van der Waals surface area contributed by atoms with E-state index < -0.39 is 15.7 Å². The fourth-order valence-electron chi connectivity index (χ4n) is 2.61. The minimum absolute atomic E-state index is 0.0915. The summed E-state index contributed by atoms with van der Waals surface area (Å²) in [7, 11) is 0. The predicted molar refractivity (Wildman–Crippen MR) is 97.2 cm³/mol. The van der Waals surface area contributed by atoms with Crippen molar-refractivity contribution in [3.05, 3.63) is 52.8 Å². The Morgan fingerprint density at radius 2 is 1.77 bits per heavy atom. The molecule has 0 atom stereocenters. The first-order chi connectivity index (χ1) is 12.0. The first-order valence-corrected chi connectivity index (χ1v) is 9.03. The molecule has 0 N–H and O–H groups in total. The van der Waals surface area contributed by atoms with Gasteiger partial charge in [-0.05, 0) is 19.1 Å². The number of rotatable bonds is 3. The predicted octanol–water partition coefficient (Wildman–Crippen LogP) is 7.16. The molecule has 10 heteroatoms. The van der Waals surface area contributed by atoms with Crippen molar-refractivity contribution in [3.63, 3.8) is 0 Å². The molecule has 138 valence electrons. The van der Waals surface area contributed by atoms with Crippen molar-refractivity contribution < 1.29 is 17.6 Å². The van der Waals surface area contributed by atoms with Gasteiger partial charge in [0.15, 0.2) is 5.82 Å². The standard InChI is InChI=1S/C16H9Cl3F4N2S/c1-8-13(26-16(18,19)23)10-4-2-3-5-12(10)25(8)14-11(17)6-9(7-24-14)15(20,21)22/h2-7H,1H3. The zero-order valence-electron chi connectivity index (χ0n) is 12.9. The monoisotopic (exact) mass is 442 g/mol. The lowest BCUT2D eigenvalue weighted by Crippen LogP contribution is -2.08. The van der Waals surface area contributed by atoms with Crippen molar-refractivity contribution in [2.75, 3.05) is 0 Å². The van der Waals surface area contributed by atoms with Crippen molar-refractivity contribution >= 4 is 57.5 Å². The summed E-state index contributed by atoms with van der Waals surface area (Å²) in [6.07, 6.45) is -3.86. The van der Waals surface area contributed by atoms with Crippen LogP contribution in [0.15, 0.2) is 41.4 Å². The van der Waals surface area contributed by atoms with Crippen LogP contribution in [0.2, 0.25) is 5.02 Å². The SMILES string of the molecule is Cc1c(SC(F)(Cl)Cl)c2ccccc2n1-c1ncc(C(F)(F)F)cc1Cl. The van der Waals surface area contributed by atoms with Crippen LogP contribution < -0.4 is 0 Å². The van der Waals surface area contributed by atoms with E-state index in [0.29, 0.717) is 39.5 Å². The van der Waals surface area contributed by atoms with Crippen LogP contribution in [0, 0.1) is 6.92 Å². The molecule has 0 aliphatic heterocycles. The normalized spacial score (nSPS) is 12.8. The van der Waals surface area contributed by atoms with Crippen LogP contribution in [0.3, 0.4) is 0 Å². The number of halogens is 7. The van der Waals surface area contributed by atoms with Crippen LogP contribution in [0.1, 0.15) is 11.3 Å². The molecular weight excluding hydrogens is 435 g/mol. The van der Waals surface area contributed by atoms with Gasteiger partial charge in [-0.15, -0.1) is 0 Å². The van der Waals surface area contributed by atoms with Crippen LogP contribution in [0.25, 0.3) is 16.7 Å². The third-order valence-corrected chi connectivity index (χ3v) is 5.32. The largest absolute Gasteiger partial charge is 0.417 e. The van der Waals surface area contributed by atoms with Crippen molar-refractivity contribution in [1.82, 2.24) is 9.55 Å². The summed E-state index contributed by atoms with van der Waals surface area (Å²) in [5, 5.41) is 0.430. The molecule has 2 aromatic heterocycles. The molecule has 0 fully saturated rings. The highest BCUT2D eigenvalue weighted by molar-refractivity contribution is 8.03. The van der Waals surface area contributed by atoms with E-state index >= 15 is 0 Å². The lowest BCUT2D eigenvalue weighted by Gasteiger charge is -2.13. The molecule has 0 aliphatic rings. The van der Waals surface area contributed by atoms with Crippen LogP contribution >= 0.6 is 46.6 Å². The van der Waals surface area contributed by atoms with Crippen molar-refractivity contribution in [2.45, 2.75) is 21.9 Å². The molecule has 0 radical (unpaired) electrons. The van der Waals surface area contributed by atoms with Crippen LogP contribution in [-0.4, -0.2) is 13.5 Å². The van der Waals surface area contributed by atoms with Gasteiger partial charge in [0.1, 0.15) is 0 Å². The van der Waals surface area contributed by atoms with Gasteiger partial charge >= 0.3 is 10.1 Å². The number of fused-ring (bicyclic) bond motifs is 1. The average Bonchev–Trinajstić information content (AvgIpc) is 2.78. The topological polar surface area (TPSA) is 17.8 Å². The Balaban J connectivity index is 2.25. The highest BCUT2D eigenvalue weighted by Gasteiger charge is 2.33. The van der Waals surface area contributed by atoms with Gasteiger partial charge in [0.2, 0.25) is 0 Å². The van der Waals surface area contributed by atoms with Crippen LogP contribution in [-0.2, 0) is 6.18 Å². The van der Waals surface area contributed by atoms with Crippen molar-refractivity contribution in [2.24, 2.45) is 0 Å². The maximum atomic E-state index is 13.8. The molecule has 0 spiro atoms. The number of thioether (sulfide) groups is 1. The first kappa shape index (κ1) is 19.6. The Morgan fingerprint density at radius 3 is 2.35 bits per heavy atom. The van der Waals surface area contributed by atoms with Crippen molar-refractivity contribution in [1.29, 1.82) is 0 Å². The van der Waals surface area contributed by atoms with Gasteiger partial charge in [-0.1, -0.05) is 64.8 Å². The highest BCUT2D eigenvalue weighted by atomic mass is 35.5. The average molecular weight is 444 g/mol. The molecule has 0 saturated heterocycles. The molecule has 0 bridgehead atoms. The second kappa shape index (κ2) is 6.78. The maximum Gasteiger partial charge on any atom is 0.417 e. The van der Waals surface area contributed by atoms with Gasteiger partial charge in [-0.25, -0.2) is 4.98 Å². The molecule has 1 aromatic carbocycles. The molecule has 0 amide bonds. The minimum Gasteiger partial charge on any atom is -0.296 e. The number of hydrogen-bond donors (Lipinski definition) is 0. The van der Waals surface area contributed by atoms with Gasteiger partial charge in [0, 0.05) is 22.2 Å². The lowest BCUT2D eigenvalue weighted by molar-refractivity contribution is -0.137. The van der Waals surface area contributed by atoms with Gasteiger partial charge < -0.3 is 0 Å². The Morgan fingerprint density at radius 1 is 1.12 bits per heavy atom.